The number of para-hydroxylation sites is 4. The normalized spacial score (nSPS) is 10.6. The van der Waals surface area contributed by atoms with Gasteiger partial charge in [-0.3, -0.25) is 5.41 Å². The standard InChI is InChI=1S/2C20H12F2N2.C2H6N2/c2*21-15-9-5-13(6-10-15)19-20(14-7-11-16(22)12-8-14)24-18-4-2-1-3-17(18)23-19;1-2(3)4/h2*1-12H;1H3,(H3,3,4). The van der Waals surface area contributed by atoms with Gasteiger partial charge in [0.25, 0.3) is 0 Å². The van der Waals surface area contributed by atoms with E-state index in [1.807, 2.05) is 48.5 Å². The molecule has 0 saturated carbocycles. The molecule has 10 heteroatoms. The van der Waals surface area contributed by atoms with Crippen LogP contribution >= 0.6 is 0 Å². The topological polar surface area (TPSA) is 101 Å². The third-order valence-corrected chi connectivity index (χ3v) is 7.61. The van der Waals surface area contributed by atoms with Crippen molar-refractivity contribution in [1.82, 2.24) is 19.9 Å². The fraction of sp³-hybridized carbons (Fsp3) is 0.0238. The summed E-state index contributed by atoms with van der Waals surface area (Å²) in [6.45, 7) is 1.53. The molecule has 0 bridgehead atoms. The Morgan fingerprint density at radius 3 is 0.731 bits per heavy atom. The maximum Gasteiger partial charge on any atom is 0.123 e. The van der Waals surface area contributed by atoms with Crippen LogP contribution < -0.4 is 5.73 Å². The average Bonchev–Trinajstić information content (AvgIpc) is 3.15. The van der Waals surface area contributed by atoms with Gasteiger partial charge in [0.05, 0.1) is 50.7 Å². The Hall–Kier alpha value is -6.81. The van der Waals surface area contributed by atoms with Gasteiger partial charge in [0, 0.05) is 22.3 Å². The molecule has 52 heavy (non-hydrogen) atoms. The summed E-state index contributed by atoms with van der Waals surface area (Å²) in [7, 11) is 0. The Balaban J connectivity index is 0.000000162. The fourth-order valence-corrected chi connectivity index (χ4v) is 5.24. The third kappa shape index (κ3) is 8.48. The van der Waals surface area contributed by atoms with Crippen LogP contribution in [0.25, 0.3) is 67.1 Å². The Morgan fingerprint density at radius 1 is 0.385 bits per heavy atom. The SMILES string of the molecule is CC(=N)N.Fc1ccc(-c2nc3ccccc3nc2-c2ccc(F)cc2)cc1.Fc1ccc(-c2nc3ccccc3nc2-c2ccc(F)cc2)cc1. The van der Waals surface area contributed by atoms with Gasteiger partial charge in [-0.1, -0.05) is 24.3 Å². The van der Waals surface area contributed by atoms with Gasteiger partial charge in [-0.25, -0.2) is 37.5 Å². The highest BCUT2D eigenvalue weighted by molar-refractivity contribution is 5.87. The molecule has 0 unspecified atom stereocenters. The Bertz CT molecular complexity index is 2130. The molecule has 0 atom stereocenters. The molecule has 2 heterocycles. The van der Waals surface area contributed by atoms with E-state index in [9.17, 15) is 17.6 Å². The van der Waals surface area contributed by atoms with Gasteiger partial charge in [0.1, 0.15) is 23.3 Å². The minimum atomic E-state index is -0.309. The molecule has 0 saturated heterocycles. The zero-order chi connectivity index (χ0) is 36.6. The van der Waals surface area contributed by atoms with E-state index < -0.39 is 0 Å². The number of nitrogens with zero attached hydrogens (tertiary/aromatic N) is 4. The van der Waals surface area contributed by atoms with Gasteiger partial charge >= 0.3 is 0 Å². The molecule has 0 amide bonds. The molecule has 6 aromatic carbocycles. The van der Waals surface area contributed by atoms with Crippen molar-refractivity contribution in [2.24, 2.45) is 5.73 Å². The van der Waals surface area contributed by atoms with Gasteiger partial charge in [-0.15, -0.1) is 0 Å². The van der Waals surface area contributed by atoms with E-state index >= 15 is 0 Å². The van der Waals surface area contributed by atoms with E-state index in [2.05, 4.69) is 0 Å². The largest absolute Gasteiger partial charge is 0.388 e. The molecule has 0 aliphatic carbocycles. The monoisotopic (exact) mass is 694 g/mol. The molecule has 8 aromatic rings. The van der Waals surface area contributed by atoms with Crippen LogP contribution in [-0.2, 0) is 0 Å². The highest BCUT2D eigenvalue weighted by atomic mass is 19.1. The summed E-state index contributed by atoms with van der Waals surface area (Å²) in [5.41, 5.74) is 13.3. The zero-order valence-corrected chi connectivity index (χ0v) is 27.7. The van der Waals surface area contributed by atoms with E-state index in [0.29, 0.717) is 22.8 Å². The smallest absolute Gasteiger partial charge is 0.123 e. The van der Waals surface area contributed by atoms with Crippen molar-refractivity contribution in [2.75, 3.05) is 0 Å². The number of aromatic nitrogens is 4. The van der Waals surface area contributed by atoms with Crippen molar-refractivity contribution in [2.45, 2.75) is 6.92 Å². The van der Waals surface area contributed by atoms with E-state index in [4.69, 9.17) is 31.1 Å². The number of nitrogens with two attached hydrogens (primary N) is 1. The number of fused-ring (bicyclic) bond motifs is 2. The highest BCUT2D eigenvalue weighted by Gasteiger charge is 2.15. The lowest BCUT2D eigenvalue weighted by atomic mass is 10.0. The lowest BCUT2D eigenvalue weighted by molar-refractivity contribution is 0.627. The van der Waals surface area contributed by atoms with Crippen molar-refractivity contribution in [1.29, 1.82) is 5.41 Å². The van der Waals surface area contributed by atoms with Crippen molar-refractivity contribution in [3.63, 3.8) is 0 Å². The van der Waals surface area contributed by atoms with E-state index in [-0.39, 0.29) is 29.1 Å². The number of rotatable bonds is 4. The molecular weight excluding hydrogens is 664 g/mol. The van der Waals surface area contributed by atoms with Crippen molar-refractivity contribution in [3.8, 4) is 45.0 Å². The first-order valence-corrected chi connectivity index (χ1v) is 16.0. The molecule has 0 aliphatic heterocycles. The predicted molar refractivity (Wildman–Crippen MR) is 198 cm³/mol. The quantitative estimate of drug-likeness (QED) is 0.108. The second-order valence-corrected chi connectivity index (χ2v) is 11.5. The predicted octanol–water partition coefficient (Wildman–Crippen LogP) is 10.4. The van der Waals surface area contributed by atoms with Crippen molar-refractivity contribution in [3.05, 3.63) is 169 Å². The fourth-order valence-electron chi connectivity index (χ4n) is 5.24. The second kappa shape index (κ2) is 15.8. The minimum absolute atomic E-state index is 0.167. The average molecular weight is 695 g/mol. The van der Waals surface area contributed by atoms with Crippen LogP contribution in [0.3, 0.4) is 0 Å². The summed E-state index contributed by atoms with van der Waals surface area (Å²) in [4.78, 5) is 18.8. The lowest BCUT2D eigenvalue weighted by Crippen LogP contribution is -2.00. The van der Waals surface area contributed by atoms with Gasteiger partial charge in [-0.05, 0) is 128 Å². The van der Waals surface area contributed by atoms with Crippen LogP contribution in [0.15, 0.2) is 146 Å². The molecule has 0 aliphatic rings. The molecule has 256 valence electrons. The number of hydrogen-bond donors (Lipinski definition) is 2. The first-order chi connectivity index (χ1) is 25.1. The summed E-state index contributed by atoms with van der Waals surface area (Å²) >= 11 is 0. The first-order valence-electron chi connectivity index (χ1n) is 16.0. The maximum absolute atomic E-state index is 13.2. The van der Waals surface area contributed by atoms with Crippen LogP contribution in [-0.4, -0.2) is 25.8 Å². The van der Waals surface area contributed by atoms with Crippen LogP contribution in [0.4, 0.5) is 17.6 Å². The van der Waals surface area contributed by atoms with Crippen molar-refractivity contribution >= 4 is 27.9 Å². The van der Waals surface area contributed by atoms with E-state index in [1.165, 1.54) is 55.5 Å². The molecule has 0 radical (unpaired) electrons. The number of halogens is 4. The summed E-state index contributed by atoms with van der Waals surface area (Å²) in [6.07, 6.45) is 0. The summed E-state index contributed by atoms with van der Waals surface area (Å²) < 4.78 is 53.0. The van der Waals surface area contributed by atoms with E-state index in [1.54, 1.807) is 48.5 Å². The number of nitrogens with one attached hydrogen (secondary N) is 1. The van der Waals surface area contributed by atoms with Gasteiger partial charge in [0.15, 0.2) is 0 Å². The van der Waals surface area contributed by atoms with Gasteiger partial charge in [-0.2, -0.15) is 0 Å². The summed E-state index contributed by atoms with van der Waals surface area (Å²) in [6, 6.07) is 39.5. The van der Waals surface area contributed by atoms with Gasteiger partial charge in [0.2, 0.25) is 0 Å². The lowest BCUT2D eigenvalue weighted by Gasteiger charge is -2.10. The highest BCUT2D eigenvalue weighted by Crippen LogP contribution is 2.32. The van der Waals surface area contributed by atoms with Crippen LogP contribution in [0.2, 0.25) is 0 Å². The molecule has 0 spiro atoms. The number of benzene rings is 6. The first kappa shape index (κ1) is 35.0. The summed E-state index contributed by atoms with van der Waals surface area (Å²) in [5, 5.41) is 6.28. The Morgan fingerprint density at radius 2 is 0.558 bits per heavy atom. The molecule has 8 rings (SSSR count). The number of amidine groups is 1. The zero-order valence-electron chi connectivity index (χ0n) is 27.7. The van der Waals surface area contributed by atoms with Crippen molar-refractivity contribution < 1.29 is 17.6 Å². The molecule has 6 nitrogen and oxygen atoms in total. The van der Waals surface area contributed by atoms with Crippen LogP contribution in [0.5, 0.6) is 0 Å². The van der Waals surface area contributed by atoms with Crippen LogP contribution in [0.1, 0.15) is 6.92 Å². The summed E-state index contributed by atoms with van der Waals surface area (Å²) in [5.74, 6) is -1.07. The Labute approximate surface area is 296 Å². The van der Waals surface area contributed by atoms with Gasteiger partial charge < -0.3 is 5.73 Å². The third-order valence-electron chi connectivity index (χ3n) is 7.61. The molecule has 2 aromatic heterocycles. The maximum atomic E-state index is 13.2. The molecule has 3 N–H and O–H groups in total. The molecule has 0 fully saturated rings. The van der Waals surface area contributed by atoms with E-state index in [0.717, 1.165) is 44.3 Å². The second-order valence-electron chi connectivity index (χ2n) is 11.5. The number of hydrogen-bond acceptors (Lipinski definition) is 5. The minimum Gasteiger partial charge on any atom is -0.388 e. The van der Waals surface area contributed by atoms with Crippen LogP contribution in [0, 0.1) is 28.7 Å². The Kier molecular flexibility index (Phi) is 10.7. The molecular formula is C42H30F4N6.